The predicted octanol–water partition coefficient (Wildman–Crippen LogP) is 2.60. The summed E-state index contributed by atoms with van der Waals surface area (Å²) in [5.41, 5.74) is 1.72. The Bertz CT molecular complexity index is 912. The summed E-state index contributed by atoms with van der Waals surface area (Å²) in [6.07, 6.45) is 6.68. The molecule has 1 N–H and O–H groups in total. The summed E-state index contributed by atoms with van der Waals surface area (Å²) in [6, 6.07) is 12.9. The average Bonchev–Trinajstić information content (AvgIpc) is 3.01. The predicted molar refractivity (Wildman–Crippen MR) is 93.2 cm³/mol. The molecule has 0 atom stereocenters. The van der Waals surface area contributed by atoms with Gasteiger partial charge in [-0.3, -0.25) is 9.52 Å². The molecule has 2 aromatic carbocycles. The van der Waals surface area contributed by atoms with Crippen LogP contribution in [0.15, 0.2) is 53.4 Å². The molecule has 1 aliphatic heterocycles. The highest BCUT2D eigenvalue weighted by Crippen LogP contribution is 2.24. The van der Waals surface area contributed by atoms with Gasteiger partial charge in [-0.1, -0.05) is 12.0 Å². The SMILES string of the molecule is C#Cc1cccc(NS(=O)(=O)c2ccc(N3CCCC3=O)cc2)c1. The van der Waals surface area contributed by atoms with Gasteiger partial charge >= 0.3 is 0 Å². The van der Waals surface area contributed by atoms with Crippen molar-refractivity contribution in [3.05, 3.63) is 54.1 Å². The second-order valence-electron chi connectivity index (χ2n) is 5.47. The lowest BCUT2D eigenvalue weighted by Gasteiger charge is -2.16. The van der Waals surface area contributed by atoms with E-state index in [0.29, 0.717) is 29.9 Å². The zero-order valence-corrected chi connectivity index (χ0v) is 13.7. The fourth-order valence-electron chi connectivity index (χ4n) is 2.61. The molecular weight excluding hydrogens is 324 g/mol. The van der Waals surface area contributed by atoms with Crippen molar-refractivity contribution in [3.63, 3.8) is 0 Å². The summed E-state index contributed by atoms with van der Waals surface area (Å²) in [7, 11) is -3.71. The van der Waals surface area contributed by atoms with Crippen molar-refractivity contribution in [2.24, 2.45) is 0 Å². The molecule has 1 heterocycles. The number of anilines is 2. The van der Waals surface area contributed by atoms with Crippen LogP contribution >= 0.6 is 0 Å². The number of benzene rings is 2. The quantitative estimate of drug-likeness (QED) is 0.870. The number of nitrogens with one attached hydrogen (secondary N) is 1. The molecule has 1 aliphatic rings. The molecule has 1 fully saturated rings. The van der Waals surface area contributed by atoms with Crippen LogP contribution in [0.3, 0.4) is 0 Å². The smallest absolute Gasteiger partial charge is 0.261 e. The highest BCUT2D eigenvalue weighted by molar-refractivity contribution is 7.92. The molecule has 5 nitrogen and oxygen atoms in total. The van der Waals surface area contributed by atoms with E-state index in [4.69, 9.17) is 6.42 Å². The Balaban J connectivity index is 1.82. The first kappa shape index (κ1) is 16.1. The third kappa shape index (κ3) is 3.26. The minimum absolute atomic E-state index is 0.0647. The summed E-state index contributed by atoms with van der Waals surface area (Å²) in [5, 5.41) is 0. The van der Waals surface area contributed by atoms with Gasteiger partial charge in [-0.25, -0.2) is 8.42 Å². The highest BCUT2D eigenvalue weighted by Gasteiger charge is 2.22. The third-order valence-electron chi connectivity index (χ3n) is 3.81. The molecule has 0 saturated carbocycles. The zero-order valence-electron chi connectivity index (χ0n) is 12.9. The largest absolute Gasteiger partial charge is 0.312 e. The Labute approximate surface area is 141 Å². The summed E-state index contributed by atoms with van der Waals surface area (Å²) in [4.78, 5) is 13.5. The number of rotatable bonds is 4. The van der Waals surface area contributed by atoms with E-state index in [-0.39, 0.29) is 10.8 Å². The molecule has 0 spiro atoms. The zero-order chi connectivity index (χ0) is 17.2. The van der Waals surface area contributed by atoms with Crippen LogP contribution < -0.4 is 9.62 Å². The number of carbonyl (C=O) groups is 1. The summed E-state index contributed by atoms with van der Waals surface area (Å²) in [5.74, 6) is 2.53. The van der Waals surface area contributed by atoms with Gasteiger partial charge in [-0.05, 0) is 48.9 Å². The number of sulfonamides is 1. The van der Waals surface area contributed by atoms with Crippen LogP contribution in [-0.2, 0) is 14.8 Å². The van der Waals surface area contributed by atoms with E-state index in [0.717, 1.165) is 6.42 Å². The van der Waals surface area contributed by atoms with Crippen molar-refractivity contribution < 1.29 is 13.2 Å². The van der Waals surface area contributed by atoms with E-state index in [1.165, 1.54) is 12.1 Å². The molecule has 0 bridgehead atoms. The van der Waals surface area contributed by atoms with Gasteiger partial charge < -0.3 is 4.90 Å². The van der Waals surface area contributed by atoms with E-state index in [1.807, 2.05) is 0 Å². The molecule has 2 aromatic rings. The van der Waals surface area contributed by atoms with Crippen LogP contribution in [0, 0.1) is 12.3 Å². The maximum Gasteiger partial charge on any atom is 0.261 e. The van der Waals surface area contributed by atoms with E-state index < -0.39 is 10.0 Å². The Kier molecular flexibility index (Phi) is 4.28. The first-order chi connectivity index (χ1) is 11.5. The van der Waals surface area contributed by atoms with Crippen molar-refractivity contribution in [1.82, 2.24) is 0 Å². The summed E-state index contributed by atoms with van der Waals surface area (Å²) >= 11 is 0. The van der Waals surface area contributed by atoms with Crippen LogP contribution in [0.1, 0.15) is 18.4 Å². The Morgan fingerprint density at radius 3 is 2.50 bits per heavy atom. The molecule has 24 heavy (non-hydrogen) atoms. The molecule has 0 aromatic heterocycles. The van der Waals surface area contributed by atoms with Gasteiger partial charge in [0.25, 0.3) is 10.0 Å². The van der Waals surface area contributed by atoms with Crippen LogP contribution in [0.4, 0.5) is 11.4 Å². The van der Waals surface area contributed by atoms with E-state index in [2.05, 4.69) is 10.6 Å². The fourth-order valence-corrected chi connectivity index (χ4v) is 3.66. The number of nitrogens with zero attached hydrogens (tertiary/aromatic N) is 1. The maximum absolute atomic E-state index is 12.5. The maximum atomic E-state index is 12.5. The van der Waals surface area contributed by atoms with Gasteiger partial charge in [0.15, 0.2) is 0 Å². The molecule has 1 saturated heterocycles. The molecular formula is C18H16N2O3S. The van der Waals surface area contributed by atoms with Crippen LogP contribution in [0.25, 0.3) is 0 Å². The van der Waals surface area contributed by atoms with Crippen molar-refractivity contribution >= 4 is 27.3 Å². The molecule has 3 rings (SSSR count). The van der Waals surface area contributed by atoms with Crippen molar-refractivity contribution in [2.75, 3.05) is 16.2 Å². The van der Waals surface area contributed by atoms with E-state index >= 15 is 0 Å². The molecule has 0 unspecified atom stereocenters. The normalized spacial score (nSPS) is 14.5. The van der Waals surface area contributed by atoms with Crippen molar-refractivity contribution in [2.45, 2.75) is 17.7 Å². The lowest BCUT2D eigenvalue weighted by atomic mass is 10.2. The summed E-state index contributed by atoms with van der Waals surface area (Å²) in [6.45, 7) is 0.669. The van der Waals surface area contributed by atoms with Crippen molar-refractivity contribution in [3.8, 4) is 12.3 Å². The number of hydrogen-bond donors (Lipinski definition) is 1. The van der Waals surface area contributed by atoms with Gasteiger partial charge in [-0.2, -0.15) is 0 Å². The lowest BCUT2D eigenvalue weighted by molar-refractivity contribution is -0.117. The molecule has 0 radical (unpaired) electrons. The number of hydrogen-bond acceptors (Lipinski definition) is 3. The van der Waals surface area contributed by atoms with E-state index in [1.54, 1.807) is 41.3 Å². The number of carbonyl (C=O) groups excluding carboxylic acids is 1. The first-order valence-electron chi connectivity index (χ1n) is 7.49. The third-order valence-corrected chi connectivity index (χ3v) is 5.21. The van der Waals surface area contributed by atoms with Gasteiger partial charge in [0.05, 0.1) is 10.6 Å². The second kappa shape index (κ2) is 6.38. The number of amides is 1. The topological polar surface area (TPSA) is 66.5 Å². The van der Waals surface area contributed by atoms with Crippen LogP contribution in [0.2, 0.25) is 0 Å². The van der Waals surface area contributed by atoms with Gasteiger partial charge in [0.2, 0.25) is 5.91 Å². The summed E-state index contributed by atoms with van der Waals surface area (Å²) < 4.78 is 27.4. The average molecular weight is 340 g/mol. The van der Waals surface area contributed by atoms with E-state index in [9.17, 15) is 13.2 Å². The monoisotopic (exact) mass is 340 g/mol. The minimum atomic E-state index is -3.71. The lowest BCUT2D eigenvalue weighted by Crippen LogP contribution is -2.23. The molecule has 122 valence electrons. The van der Waals surface area contributed by atoms with Crippen LogP contribution in [0.5, 0.6) is 0 Å². The fraction of sp³-hybridized carbons (Fsp3) is 0.167. The Morgan fingerprint density at radius 1 is 1.12 bits per heavy atom. The molecule has 1 amide bonds. The van der Waals surface area contributed by atoms with Crippen LogP contribution in [-0.4, -0.2) is 20.9 Å². The Hall–Kier alpha value is -2.78. The molecule has 0 aliphatic carbocycles. The second-order valence-corrected chi connectivity index (χ2v) is 7.16. The minimum Gasteiger partial charge on any atom is -0.312 e. The highest BCUT2D eigenvalue weighted by atomic mass is 32.2. The molecule has 6 heteroatoms. The Morgan fingerprint density at radius 2 is 1.88 bits per heavy atom. The standard InChI is InChI=1S/C18H16N2O3S/c1-2-14-5-3-6-15(13-14)19-24(22,23)17-10-8-16(9-11-17)20-12-4-7-18(20)21/h1,3,5-6,8-11,13,19H,4,7,12H2. The first-order valence-corrected chi connectivity index (χ1v) is 8.98. The van der Waals surface area contributed by atoms with Gasteiger partial charge in [0, 0.05) is 24.2 Å². The van der Waals surface area contributed by atoms with Crippen molar-refractivity contribution in [1.29, 1.82) is 0 Å². The number of terminal acetylenes is 1. The van der Waals surface area contributed by atoms with Gasteiger partial charge in [0.1, 0.15) is 0 Å². The van der Waals surface area contributed by atoms with Gasteiger partial charge in [-0.15, -0.1) is 6.42 Å².